The number of nitrogens with one attached hydrogen (secondary N) is 2. The monoisotopic (exact) mass is 521 g/mol. The van der Waals surface area contributed by atoms with E-state index in [9.17, 15) is 22.4 Å². The lowest BCUT2D eigenvalue weighted by Gasteiger charge is -2.27. The maximum atomic E-state index is 14.2. The van der Waals surface area contributed by atoms with Gasteiger partial charge in [-0.15, -0.1) is 0 Å². The van der Waals surface area contributed by atoms with Gasteiger partial charge in [-0.3, -0.25) is 9.48 Å². The zero-order chi connectivity index (χ0) is 26.7. The van der Waals surface area contributed by atoms with Gasteiger partial charge in [0.2, 0.25) is 0 Å². The number of carbonyl (C=O) groups excluding carboxylic acids is 1. The van der Waals surface area contributed by atoms with Crippen LogP contribution in [0.3, 0.4) is 0 Å². The molecule has 2 heterocycles. The van der Waals surface area contributed by atoms with Gasteiger partial charge in [0.25, 0.3) is 5.56 Å². The summed E-state index contributed by atoms with van der Waals surface area (Å²) in [6, 6.07) is 6.91. The van der Waals surface area contributed by atoms with Gasteiger partial charge in [-0.25, -0.2) is 17.6 Å². The topological polar surface area (TPSA) is 126 Å². The quantitative estimate of drug-likeness (QED) is 0.435. The highest BCUT2D eigenvalue weighted by Crippen LogP contribution is 2.27. The maximum absolute atomic E-state index is 14.2. The molecule has 0 aliphatic rings. The number of pyridine rings is 1. The summed E-state index contributed by atoms with van der Waals surface area (Å²) in [5, 5.41) is 7.76. The van der Waals surface area contributed by atoms with Gasteiger partial charge in [-0.1, -0.05) is 0 Å². The minimum atomic E-state index is -3.36. The van der Waals surface area contributed by atoms with Gasteiger partial charge in [-0.2, -0.15) is 5.10 Å². The Hall–Kier alpha value is -3.41. The Morgan fingerprint density at radius 2 is 1.92 bits per heavy atom. The summed E-state index contributed by atoms with van der Waals surface area (Å²) in [6.07, 6.45) is 2.34. The largest absolute Gasteiger partial charge is 0.444 e. The molecule has 0 saturated carbocycles. The van der Waals surface area contributed by atoms with Crippen LogP contribution in [0.4, 0.5) is 20.7 Å². The number of halogens is 1. The molecule has 0 radical (unpaired) electrons. The number of nitrogens with zero attached hydrogens (tertiary/aromatic N) is 3. The minimum absolute atomic E-state index is 0.157. The van der Waals surface area contributed by atoms with Crippen molar-refractivity contribution < 1.29 is 22.3 Å². The Bertz CT molecular complexity index is 1380. The van der Waals surface area contributed by atoms with Crippen LogP contribution in [0.2, 0.25) is 0 Å². The Morgan fingerprint density at radius 3 is 2.47 bits per heavy atom. The van der Waals surface area contributed by atoms with Crippen molar-refractivity contribution in [3.05, 3.63) is 46.9 Å². The Morgan fingerprint density at radius 1 is 1.25 bits per heavy atom. The van der Waals surface area contributed by atoms with Gasteiger partial charge in [0.05, 0.1) is 16.5 Å². The van der Waals surface area contributed by atoms with Crippen molar-refractivity contribution in [2.24, 2.45) is 0 Å². The zero-order valence-corrected chi connectivity index (χ0v) is 21.9. The van der Waals surface area contributed by atoms with E-state index in [4.69, 9.17) is 4.74 Å². The normalized spacial score (nSPS) is 12.9. The van der Waals surface area contributed by atoms with Crippen LogP contribution in [0.25, 0.3) is 10.9 Å². The fraction of sp³-hybridized carbons (Fsp3) is 0.458. The van der Waals surface area contributed by atoms with Crippen LogP contribution < -0.4 is 10.9 Å². The number of rotatable bonds is 9. The molecule has 2 aromatic heterocycles. The molecule has 1 atom stereocenters. The highest BCUT2D eigenvalue weighted by molar-refractivity contribution is 7.90. The lowest BCUT2D eigenvalue weighted by molar-refractivity contribution is 0.0249. The van der Waals surface area contributed by atoms with Gasteiger partial charge in [0.15, 0.2) is 15.7 Å². The first kappa shape index (κ1) is 27.2. The molecule has 0 unspecified atom stereocenters. The van der Waals surface area contributed by atoms with Crippen molar-refractivity contribution in [1.82, 2.24) is 19.7 Å². The van der Waals surface area contributed by atoms with Crippen molar-refractivity contribution in [1.29, 1.82) is 0 Å². The summed E-state index contributed by atoms with van der Waals surface area (Å²) >= 11 is 0. The maximum Gasteiger partial charge on any atom is 0.410 e. The molecule has 0 fully saturated rings. The molecule has 2 N–H and O–H groups in total. The van der Waals surface area contributed by atoms with E-state index in [1.54, 1.807) is 39.0 Å². The van der Waals surface area contributed by atoms with Crippen molar-refractivity contribution in [3.63, 3.8) is 0 Å². The molecule has 10 nitrogen and oxygen atoms in total. The van der Waals surface area contributed by atoms with Gasteiger partial charge in [0, 0.05) is 31.2 Å². The SMILES string of the molecule is CCN(CC[C@H](CF)n1nc(Nc2ccc(S(C)(=O)=O)cc2)c2c(=O)[nH]ccc21)C(=O)OC(C)(C)C. The number of alkyl halides is 1. The van der Waals surface area contributed by atoms with E-state index in [2.05, 4.69) is 15.4 Å². The molecule has 3 rings (SSSR count). The second kappa shape index (κ2) is 10.7. The molecule has 12 heteroatoms. The first-order valence-electron chi connectivity index (χ1n) is 11.5. The number of hydrogen-bond donors (Lipinski definition) is 2. The molecule has 1 amide bonds. The van der Waals surface area contributed by atoms with Crippen LogP contribution in [0.15, 0.2) is 46.2 Å². The first-order chi connectivity index (χ1) is 16.8. The summed E-state index contributed by atoms with van der Waals surface area (Å²) in [5.74, 6) is 0.205. The summed E-state index contributed by atoms with van der Waals surface area (Å²) in [6.45, 7) is 7.01. The summed E-state index contributed by atoms with van der Waals surface area (Å²) < 4.78 is 44.6. The zero-order valence-electron chi connectivity index (χ0n) is 21.0. The van der Waals surface area contributed by atoms with Crippen molar-refractivity contribution in [2.75, 3.05) is 31.3 Å². The lowest BCUT2D eigenvalue weighted by Crippen LogP contribution is -2.38. The predicted molar refractivity (Wildman–Crippen MR) is 136 cm³/mol. The number of H-pyrrole nitrogens is 1. The third kappa shape index (κ3) is 6.42. The molecule has 3 aromatic rings. The van der Waals surface area contributed by atoms with Crippen LogP contribution in [-0.2, 0) is 14.6 Å². The van der Waals surface area contributed by atoms with Gasteiger partial charge < -0.3 is 19.9 Å². The highest BCUT2D eigenvalue weighted by Gasteiger charge is 2.24. The van der Waals surface area contributed by atoms with E-state index in [1.807, 2.05) is 6.92 Å². The van der Waals surface area contributed by atoms with Crippen molar-refractivity contribution >= 4 is 38.3 Å². The number of hydrogen-bond acceptors (Lipinski definition) is 7. The molecule has 0 bridgehead atoms. The summed E-state index contributed by atoms with van der Waals surface area (Å²) in [7, 11) is -3.36. The molecular weight excluding hydrogens is 489 g/mol. The van der Waals surface area contributed by atoms with Crippen LogP contribution in [0.1, 0.15) is 40.2 Å². The van der Waals surface area contributed by atoms with Gasteiger partial charge in [-0.05, 0) is 64.4 Å². The average Bonchev–Trinajstić information content (AvgIpc) is 3.14. The molecule has 1 aromatic carbocycles. The average molecular weight is 522 g/mol. The van der Waals surface area contributed by atoms with E-state index in [-0.39, 0.29) is 29.1 Å². The predicted octanol–water partition coefficient (Wildman–Crippen LogP) is 4.03. The smallest absolute Gasteiger partial charge is 0.410 e. The number of ether oxygens (including phenoxy) is 1. The molecule has 0 aliphatic carbocycles. The van der Waals surface area contributed by atoms with Crippen molar-refractivity contribution in [2.45, 2.75) is 50.7 Å². The number of aromatic nitrogens is 3. The Balaban J connectivity index is 1.89. The van der Waals surface area contributed by atoms with Crippen LogP contribution in [0.5, 0.6) is 0 Å². The van der Waals surface area contributed by atoms with E-state index in [1.165, 1.54) is 27.9 Å². The Kier molecular flexibility index (Phi) is 8.07. The van der Waals surface area contributed by atoms with Crippen LogP contribution in [-0.4, -0.2) is 65.8 Å². The second-order valence-electron chi connectivity index (χ2n) is 9.44. The summed E-state index contributed by atoms with van der Waals surface area (Å²) in [4.78, 5) is 29.4. The number of anilines is 2. The molecular formula is C24H32FN5O5S. The third-order valence-corrected chi connectivity index (χ3v) is 6.59. The molecule has 36 heavy (non-hydrogen) atoms. The van der Waals surface area contributed by atoms with E-state index in [0.717, 1.165) is 6.26 Å². The molecule has 0 saturated heterocycles. The molecule has 0 aliphatic heterocycles. The number of benzene rings is 1. The second-order valence-corrected chi connectivity index (χ2v) is 11.5. The lowest BCUT2D eigenvalue weighted by atomic mass is 10.2. The van der Waals surface area contributed by atoms with Crippen LogP contribution in [0, 0.1) is 0 Å². The van der Waals surface area contributed by atoms with Gasteiger partial charge >= 0.3 is 6.09 Å². The van der Waals surface area contributed by atoms with E-state index < -0.39 is 39.8 Å². The fourth-order valence-electron chi connectivity index (χ4n) is 3.66. The first-order valence-corrected chi connectivity index (χ1v) is 13.4. The summed E-state index contributed by atoms with van der Waals surface area (Å²) in [5.41, 5.74) is -0.118. The standard InChI is InChI=1S/C24H32FN5O5S/c1-6-29(23(32)35-24(2,3)4)14-12-17(15-25)30-19-11-13-26-22(31)20(19)21(28-30)27-16-7-9-18(10-8-16)36(5,33)34/h7-11,13,17H,6,12,14-15H2,1-5H3,(H,26,31)(H,27,28)/t17-/m1/s1. The minimum Gasteiger partial charge on any atom is -0.444 e. The fourth-order valence-corrected chi connectivity index (χ4v) is 4.29. The molecule has 0 spiro atoms. The van der Waals surface area contributed by atoms with Crippen molar-refractivity contribution in [3.8, 4) is 0 Å². The number of amides is 1. The Labute approximate surface area is 209 Å². The number of carbonyl (C=O) groups is 1. The van der Waals surface area contributed by atoms with E-state index in [0.29, 0.717) is 17.7 Å². The van der Waals surface area contributed by atoms with Gasteiger partial charge in [0.1, 0.15) is 17.7 Å². The van der Waals surface area contributed by atoms with E-state index >= 15 is 0 Å². The number of fused-ring (bicyclic) bond motifs is 1. The number of aromatic amines is 1. The number of sulfone groups is 1. The molecule has 196 valence electrons. The highest BCUT2D eigenvalue weighted by atomic mass is 32.2. The van der Waals surface area contributed by atoms with Crippen LogP contribution >= 0.6 is 0 Å². The third-order valence-electron chi connectivity index (χ3n) is 5.47.